The van der Waals surface area contributed by atoms with Crippen LogP contribution in [0.15, 0.2) is 42.5 Å². The van der Waals surface area contributed by atoms with Crippen LogP contribution in [0.2, 0.25) is 0 Å². The van der Waals surface area contributed by atoms with Gasteiger partial charge in [0.25, 0.3) is 0 Å². The van der Waals surface area contributed by atoms with Crippen LogP contribution in [-0.4, -0.2) is 7.11 Å². The average molecular weight is 246 g/mol. The van der Waals surface area contributed by atoms with E-state index in [-0.39, 0.29) is 5.82 Å². The number of ether oxygens (including phenoxy) is 1. The first-order valence-electron chi connectivity index (χ1n) is 5.61. The molecule has 0 bridgehead atoms. The molecule has 0 aliphatic heterocycles. The van der Waals surface area contributed by atoms with Crippen molar-refractivity contribution in [3.8, 4) is 5.75 Å². The van der Waals surface area contributed by atoms with E-state index in [4.69, 9.17) is 10.6 Å². The molecule has 3 N–H and O–H groups in total. The van der Waals surface area contributed by atoms with Crippen molar-refractivity contribution >= 4 is 5.69 Å². The van der Waals surface area contributed by atoms with Crippen LogP contribution in [0.5, 0.6) is 5.75 Å². The number of benzene rings is 2. The highest BCUT2D eigenvalue weighted by Crippen LogP contribution is 2.21. The molecule has 0 aromatic heterocycles. The zero-order valence-corrected chi connectivity index (χ0v) is 10.1. The molecule has 3 nitrogen and oxygen atoms in total. The Hall–Kier alpha value is -2.07. The zero-order valence-electron chi connectivity index (χ0n) is 10.1. The highest BCUT2D eigenvalue weighted by molar-refractivity contribution is 5.52. The second kappa shape index (κ2) is 5.51. The summed E-state index contributed by atoms with van der Waals surface area (Å²) in [5.74, 6) is 5.89. The molecule has 0 aliphatic carbocycles. The normalized spacial score (nSPS) is 10.2. The van der Waals surface area contributed by atoms with E-state index >= 15 is 0 Å². The third-order valence-electron chi connectivity index (χ3n) is 2.78. The van der Waals surface area contributed by atoms with Gasteiger partial charge in [0.2, 0.25) is 0 Å². The van der Waals surface area contributed by atoms with E-state index in [1.165, 1.54) is 12.1 Å². The fraction of sp³-hybridized carbons (Fsp3) is 0.143. The summed E-state index contributed by atoms with van der Waals surface area (Å²) < 4.78 is 18.2. The maximum atomic E-state index is 13.1. The Morgan fingerprint density at radius 2 is 1.89 bits per heavy atom. The quantitative estimate of drug-likeness (QED) is 0.644. The van der Waals surface area contributed by atoms with Crippen LogP contribution in [-0.2, 0) is 6.42 Å². The molecule has 2 aromatic rings. The maximum absolute atomic E-state index is 13.1. The molecule has 2 aromatic carbocycles. The van der Waals surface area contributed by atoms with Gasteiger partial charge in [0, 0.05) is 0 Å². The molecule has 0 fully saturated rings. The molecule has 0 heterocycles. The van der Waals surface area contributed by atoms with Gasteiger partial charge in [-0.1, -0.05) is 18.2 Å². The van der Waals surface area contributed by atoms with Crippen molar-refractivity contribution in [3.63, 3.8) is 0 Å². The number of anilines is 1. The summed E-state index contributed by atoms with van der Waals surface area (Å²) in [4.78, 5) is 0. The van der Waals surface area contributed by atoms with Gasteiger partial charge in [0.15, 0.2) is 0 Å². The van der Waals surface area contributed by atoms with Crippen molar-refractivity contribution in [1.82, 2.24) is 0 Å². The number of hydrogen-bond acceptors (Lipinski definition) is 3. The molecule has 0 unspecified atom stereocenters. The first-order chi connectivity index (χ1) is 8.72. The van der Waals surface area contributed by atoms with Crippen LogP contribution in [0.1, 0.15) is 11.1 Å². The molecule has 94 valence electrons. The molecule has 18 heavy (non-hydrogen) atoms. The summed E-state index contributed by atoms with van der Waals surface area (Å²) >= 11 is 0. The lowest BCUT2D eigenvalue weighted by molar-refractivity contribution is 0.414. The molecule has 4 heteroatoms. The molecule has 0 atom stereocenters. The number of methoxy groups -OCH3 is 1. The van der Waals surface area contributed by atoms with Gasteiger partial charge in [-0.05, 0) is 41.8 Å². The molecule has 0 amide bonds. The summed E-state index contributed by atoms with van der Waals surface area (Å²) in [5.41, 5.74) is 5.18. The summed E-state index contributed by atoms with van der Waals surface area (Å²) in [6.45, 7) is 0. The Morgan fingerprint density at radius 1 is 1.17 bits per heavy atom. The van der Waals surface area contributed by atoms with Crippen LogP contribution in [0, 0.1) is 5.82 Å². The van der Waals surface area contributed by atoms with Crippen LogP contribution in [0.25, 0.3) is 0 Å². The SMILES string of the molecule is COc1ccc(Cc2ccc(F)cc2NN)cc1. The number of rotatable bonds is 4. The van der Waals surface area contributed by atoms with Crippen molar-refractivity contribution in [1.29, 1.82) is 0 Å². The van der Waals surface area contributed by atoms with Crippen molar-refractivity contribution in [2.45, 2.75) is 6.42 Å². The van der Waals surface area contributed by atoms with Gasteiger partial charge >= 0.3 is 0 Å². The lowest BCUT2D eigenvalue weighted by atomic mass is 10.0. The van der Waals surface area contributed by atoms with E-state index in [2.05, 4.69) is 5.43 Å². The largest absolute Gasteiger partial charge is 0.497 e. The predicted octanol–water partition coefficient (Wildman–Crippen LogP) is 2.71. The number of hydrogen-bond donors (Lipinski definition) is 2. The number of nitrogen functional groups attached to an aromatic ring is 1. The maximum Gasteiger partial charge on any atom is 0.125 e. The van der Waals surface area contributed by atoms with E-state index in [1.54, 1.807) is 13.2 Å². The zero-order chi connectivity index (χ0) is 13.0. The number of nitrogens with two attached hydrogens (primary N) is 1. The molecule has 0 radical (unpaired) electrons. The van der Waals surface area contributed by atoms with Crippen molar-refractivity contribution < 1.29 is 9.13 Å². The first kappa shape index (κ1) is 12.4. The fourth-order valence-electron chi connectivity index (χ4n) is 1.80. The van der Waals surface area contributed by atoms with Gasteiger partial charge in [-0.25, -0.2) is 4.39 Å². The minimum absolute atomic E-state index is 0.304. The average Bonchev–Trinajstić information content (AvgIpc) is 2.41. The second-order valence-electron chi connectivity index (χ2n) is 3.97. The Bertz CT molecular complexity index is 526. The molecule has 0 spiro atoms. The van der Waals surface area contributed by atoms with E-state index in [0.29, 0.717) is 12.1 Å². The van der Waals surface area contributed by atoms with Gasteiger partial charge in [0.1, 0.15) is 11.6 Å². The summed E-state index contributed by atoms with van der Waals surface area (Å²) in [7, 11) is 1.63. The minimum Gasteiger partial charge on any atom is -0.497 e. The van der Waals surface area contributed by atoms with Crippen molar-refractivity contribution in [2.24, 2.45) is 5.84 Å². The standard InChI is InChI=1S/C14H15FN2O/c1-18-13-6-2-10(3-7-13)8-11-4-5-12(15)9-14(11)17-16/h2-7,9,17H,8,16H2,1H3. The Kier molecular flexibility index (Phi) is 3.79. The number of hydrazine groups is 1. The van der Waals surface area contributed by atoms with Gasteiger partial charge in [-0.3, -0.25) is 5.84 Å². The van der Waals surface area contributed by atoms with E-state index in [9.17, 15) is 4.39 Å². The van der Waals surface area contributed by atoms with Crippen LogP contribution in [0.4, 0.5) is 10.1 Å². The van der Waals surface area contributed by atoms with Gasteiger partial charge in [-0.15, -0.1) is 0 Å². The van der Waals surface area contributed by atoms with Crippen LogP contribution in [0.3, 0.4) is 0 Å². The lowest BCUT2D eigenvalue weighted by Crippen LogP contribution is -2.09. The molecular weight excluding hydrogens is 231 g/mol. The minimum atomic E-state index is -0.304. The predicted molar refractivity (Wildman–Crippen MR) is 70.0 cm³/mol. The Morgan fingerprint density at radius 3 is 2.50 bits per heavy atom. The van der Waals surface area contributed by atoms with Crippen molar-refractivity contribution in [3.05, 3.63) is 59.4 Å². The molecule has 0 saturated heterocycles. The fourth-order valence-corrected chi connectivity index (χ4v) is 1.80. The van der Waals surface area contributed by atoms with E-state index < -0.39 is 0 Å². The molecule has 0 aliphatic rings. The van der Waals surface area contributed by atoms with Gasteiger partial charge < -0.3 is 10.2 Å². The first-order valence-corrected chi connectivity index (χ1v) is 5.61. The van der Waals surface area contributed by atoms with Crippen molar-refractivity contribution in [2.75, 3.05) is 12.5 Å². The summed E-state index contributed by atoms with van der Waals surface area (Å²) in [6.07, 6.45) is 0.684. The smallest absolute Gasteiger partial charge is 0.125 e. The van der Waals surface area contributed by atoms with Crippen LogP contribution >= 0.6 is 0 Å². The van der Waals surface area contributed by atoms with E-state index in [1.807, 2.05) is 24.3 Å². The third kappa shape index (κ3) is 2.78. The Balaban J connectivity index is 2.22. The Labute approximate surface area is 105 Å². The highest BCUT2D eigenvalue weighted by atomic mass is 19.1. The number of nitrogens with one attached hydrogen (secondary N) is 1. The summed E-state index contributed by atoms with van der Waals surface area (Å²) in [5, 5.41) is 0. The van der Waals surface area contributed by atoms with Crippen LogP contribution < -0.4 is 16.0 Å². The number of halogens is 1. The van der Waals surface area contributed by atoms with Gasteiger partial charge in [0.05, 0.1) is 12.8 Å². The molecule has 2 rings (SSSR count). The van der Waals surface area contributed by atoms with E-state index in [0.717, 1.165) is 16.9 Å². The lowest BCUT2D eigenvalue weighted by Gasteiger charge is -2.09. The molecule has 0 saturated carbocycles. The topological polar surface area (TPSA) is 47.3 Å². The molecular formula is C14H15FN2O. The second-order valence-corrected chi connectivity index (χ2v) is 3.97. The monoisotopic (exact) mass is 246 g/mol. The highest BCUT2D eigenvalue weighted by Gasteiger charge is 2.04. The summed E-state index contributed by atoms with van der Waals surface area (Å²) in [6, 6.07) is 12.3. The third-order valence-corrected chi connectivity index (χ3v) is 2.78. The van der Waals surface area contributed by atoms with Gasteiger partial charge in [-0.2, -0.15) is 0 Å².